The first-order chi connectivity index (χ1) is 13.6. The summed E-state index contributed by atoms with van der Waals surface area (Å²) in [5.41, 5.74) is 1.66. The summed E-state index contributed by atoms with van der Waals surface area (Å²) in [6, 6.07) is 16.8. The summed E-state index contributed by atoms with van der Waals surface area (Å²) in [6.45, 7) is 1.87. The molecule has 0 saturated carbocycles. The zero-order valence-electron chi connectivity index (χ0n) is 15.3. The van der Waals surface area contributed by atoms with Gasteiger partial charge in [-0.2, -0.15) is 4.98 Å². The largest absolute Gasteiger partial charge is 0.483 e. The van der Waals surface area contributed by atoms with Crippen molar-refractivity contribution in [2.24, 2.45) is 0 Å². The molecule has 0 aliphatic carbocycles. The minimum absolute atomic E-state index is 0.00259. The van der Waals surface area contributed by atoms with Crippen LogP contribution in [0.1, 0.15) is 29.0 Å². The lowest BCUT2D eigenvalue weighted by atomic mass is 10.1. The minimum Gasteiger partial charge on any atom is -0.483 e. The monoisotopic (exact) mass is 380 g/mol. The zero-order valence-corrected chi connectivity index (χ0v) is 15.3. The van der Waals surface area contributed by atoms with E-state index >= 15 is 0 Å². The quantitative estimate of drug-likeness (QED) is 0.622. The van der Waals surface area contributed by atoms with Crippen LogP contribution in [0, 0.1) is 0 Å². The fourth-order valence-corrected chi connectivity index (χ4v) is 2.47. The summed E-state index contributed by atoms with van der Waals surface area (Å²) in [5, 5.41) is 9.17. The van der Waals surface area contributed by atoms with Crippen LogP contribution in [0.2, 0.25) is 0 Å². The van der Waals surface area contributed by atoms with Crippen LogP contribution < -0.4 is 15.4 Å². The highest BCUT2D eigenvalue weighted by Crippen LogP contribution is 2.24. The summed E-state index contributed by atoms with van der Waals surface area (Å²) < 4.78 is 10.6. The van der Waals surface area contributed by atoms with Crippen molar-refractivity contribution in [2.75, 3.05) is 11.9 Å². The van der Waals surface area contributed by atoms with E-state index in [0.29, 0.717) is 24.4 Å². The Morgan fingerprint density at radius 1 is 1.07 bits per heavy atom. The second kappa shape index (κ2) is 9.31. The van der Waals surface area contributed by atoms with E-state index in [4.69, 9.17) is 9.26 Å². The number of hydrogen-bond acceptors (Lipinski definition) is 6. The molecule has 1 heterocycles. The molecule has 8 heteroatoms. The molecule has 0 atom stereocenters. The predicted octanol–water partition coefficient (Wildman–Crippen LogP) is 2.58. The summed E-state index contributed by atoms with van der Waals surface area (Å²) in [5.74, 6) is -0.0672. The van der Waals surface area contributed by atoms with Crippen LogP contribution >= 0.6 is 0 Å². The Morgan fingerprint density at radius 3 is 2.61 bits per heavy atom. The Bertz CT molecular complexity index is 940. The SMILES string of the molecule is CC(=O)Nc1ccccc1OCc1noc(C(=O)NCCc2ccccc2)n1. The van der Waals surface area contributed by atoms with E-state index < -0.39 is 5.91 Å². The van der Waals surface area contributed by atoms with Crippen molar-refractivity contribution < 1.29 is 18.8 Å². The van der Waals surface area contributed by atoms with Crippen LogP contribution in [0.3, 0.4) is 0 Å². The predicted molar refractivity (Wildman–Crippen MR) is 102 cm³/mol. The summed E-state index contributed by atoms with van der Waals surface area (Å²) in [7, 11) is 0. The molecule has 144 valence electrons. The molecule has 2 N–H and O–H groups in total. The third kappa shape index (κ3) is 5.41. The number of nitrogens with one attached hydrogen (secondary N) is 2. The van der Waals surface area contributed by atoms with Gasteiger partial charge in [0.25, 0.3) is 0 Å². The standard InChI is InChI=1S/C20H20N4O4/c1-14(25)22-16-9-5-6-10-17(16)27-13-18-23-20(28-24-18)19(26)21-12-11-15-7-3-2-4-8-15/h2-10H,11-13H2,1H3,(H,21,26)(H,22,25). The molecule has 3 aromatic rings. The van der Waals surface area contributed by atoms with Gasteiger partial charge in [0, 0.05) is 13.5 Å². The number of amides is 2. The van der Waals surface area contributed by atoms with E-state index in [9.17, 15) is 9.59 Å². The van der Waals surface area contributed by atoms with Gasteiger partial charge >= 0.3 is 11.8 Å². The second-order valence-corrected chi connectivity index (χ2v) is 5.97. The van der Waals surface area contributed by atoms with Crippen molar-refractivity contribution in [1.29, 1.82) is 0 Å². The van der Waals surface area contributed by atoms with Crippen LogP contribution in [-0.2, 0) is 17.8 Å². The number of anilines is 1. The Balaban J connectivity index is 1.51. The van der Waals surface area contributed by atoms with E-state index in [2.05, 4.69) is 20.8 Å². The van der Waals surface area contributed by atoms with E-state index in [1.165, 1.54) is 6.92 Å². The van der Waals surface area contributed by atoms with Gasteiger partial charge in [0.05, 0.1) is 5.69 Å². The molecule has 0 bridgehead atoms. The molecule has 28 heavy (non-hydrogen) atoms. The van der Waals surface area contributed by atoms with Crippen LogP contribution in [0.25, 0.3) is 0 Å². The Kier molecular flexibility index (Phi) is 6.35. The van der Waals surface area contributed by atoms with Gasteiger partial charge in [-0.25, -0.2) is 0 Å². The normalized spacial score (nSPS) is 10.3. The van der Waals surface area contributed by atoms with Gasteiger partial charge in [-0.05, 0) is 24.1 Å². The molecule has 0 radical (unpaired) electrons. The van der Waals surface area contributed by atoms with Crippen molar-refractivity contribution in [3.63, 3.8) is 0 Å². The highest BCUT2D eigenvalue weighted by Gasteiger charge is 2.15. The number of carbonyl (C=O) groups is 2. The molecule has 8 nitrogen and oxygen atoms in total. The van der Waals surface area contributed by atoms with E-state index in [0.717, 1.165) is 5.56 Å². The van der Waals surface area contributed by atoms with Crippen LogP contribution in [0.4, 0.5) is 5.69 Å². The third-order valence-corrected chi connectivity index (χ3v) is 3.76. The second-order valence-electron chi connectivity index (χ2n) is 5.97. The van der Waals surface area contributed by atoms with Gasteiger partial charge in [0.15, 0.2) is 6.61 Å². The Morgan fingerprint density at radius 2 is 1.82 bits per heavy atom. The van der Waals surface area contributed by atoms with Gasteiger partial charge < -0.3 is 19.9 Å². The number of rotatable bonds is 8. The van der Waals surface area contributed by atoms with E-state index in [1.54, 1.807) is 24.3 Å². The van der Waals surface area contributed by atoms with Crippen molar-refractivity contribution in [2.45, 2.75) is 20.0 Å². The number of aromatic nitrogens is 2. The molecule has 2 amide bonds. The van der Waals surface area contributed by atoms with Gasteiger partial charge in [0.1, 0.15) is 5.75 Å². The number of nitrogens with zero attached hydrogens (tertiary/aromatic N) is 2. The average Bonchev–Trinajstić information content (AvgIpc) is 3.17. The van der Waals surface area contributed by atoms with Crippen molar-refractivity contribution in [3.05, 3.63) is 71.9 Å². The molecule has 0 saturated heterocycles. The highest BCUT2D eigenvalue weighted by molar-refractivity contribution is 5.90. The van der Waals surface area contributed by atoms with Gasteiger partial charge in [-0.1, -0.05) is 47.6 Å². The lowest BCUT2D eigenvalue weighted by molar-refractivity contribution is -0.114. The maximum Gasteiger partial charge on any atom is 0.316 e. The summed E-state index contributed by atoms with van der Waals surface area (Å²) in [4.78, 5) is 27.4. The van der Waals surface area contributed by atoms with E-state index in [1.807, 2.05) is 30.3 Å². The number of carbonyl (C=O) groups excluding carboxylic acids is 2. The first kappa shape index (κ1) is 19.1. The summed E-state index contributed by atoms with van der Waals surface area (Å²) in [6.07, 6.45) is 0.705. The maximum atomic E-state index is 12.1. The number of benzene rings is 2. The van der Waals surface area contributed by atoms with Crippen molar-refractivity contribution in [3.8, 4) is 5.75 Å². The fourth-order valence-electron chi connectivity index (χ4n) is 2.47. The molecule has 0 spiro atoms. The molecular formula is C20H20N4O4. The van der Waals surface area contributed by atoms with Crippen LogP contribution in [-0.4, -0.2) is 28.5 Å². The molecule has 2 aromatic carbocycles. The highest BCUT2D eigenvalue weighted by atomic mass is 16.5. The first-order valence-electron chi connectivity index (χ1n) is 8.76. The number of para-hydroxylation sites is 2. The third-order valence-electron chi connectivity index (χ3n) is 3.76. The van der Waals surface area contributed by atoms with Gasteiger partial charge in [-0.3, -0.25) is 9.59 Å². The first-order valence-corrected chi connectivity index (χ1v) is 8.76. The minimum atomic E-state index is -0.437. The smallest absolute Gasteiger partial charge is 0.316 e. The van der Waals surface area contributed by atoms with Crippen LogP contribution in [0.5, 0.6) is 5.75 Å². The Labute approximate surface area is 161 Å². The van der Waals surface area contributed by atoms with Gasteiger partial charge in [0.2, 0.25) is 11.7 Å². The molecule has 1 aromatic heterocycles. The topological polar surface area (TPSA) is 106 Å². The zero-order chi connectivity index (χ0) is 19.8. The lowest BCUT2D eigenvalue weighted by Gasteiger charge is -2.09. The number of ether oxygens (including phenoxy) is 1. The number of hydrogen-bond donors (Lipinski definition) is 2. The van der Waals surface area contributed by atoms with E-state index in [-0.39, 0.29) is 24.2 Å². The fraction of sp³-hybridized carbons (Fsp3) is 0.200. The molecule has 0 unspecified atom stereocenters. The molecule has 3 rings (SSSR count). The maximum absolute atomic E-state index is 12.1. The Hall–Kier alpha value is -3.68. The summed E-state index contributed by atoms with van der Waals surface area (Å²) >= 11 is 0. The molecule has 0 fully saturated rings. The van der Waals surface area contributed by atoms with Gasteiger partial charge in [-0.15, -0.1) is 0 Å². The van der Waals surface area contributed by atoms with Crippen LogP contribution in [0.15, 0.2) is 59.1 Å². The lowest BCUT2D eigenvalue weighted by Crippen LogP contribution is -2.26. The molecule has 0 aliphatic rings. The van der Waals surface area contributed by atoms with Crippen molar-refractivity contribution in [1.82, 2.24) is 15.5 Å². The van der Waals surface area contributed by atoms with Crippen molar-refractivity contribution >= 4 is 17.5 Å². The molecular weight excluding hydrogens is 360 g/mol. The average molecular weight is 380 g/mol. The molecule has 0 aliphatic heterocycles.